The van der Waals surface area contributed by atoms with Gasteiger partial charge in [-0.15, -0.1) is 0 Å². The van der Waals surface area contributed by atoms with Gasteiger partial charge in [0.05, 0.1) is 18.8 Å². The van der Waals surface area contributed by atoms with E-state index >= 15 is 0 Å². The van der Waals surface area contributed by atoms with Gasteiger partial charge in [0, 0.05) is 0 Å². The van der Waals surface area contributed by atoms with E-state index in [1.807, 2.05) is 0 Å². The first kappa shape index (κ1) is 18.2. The smallest absolute Gasteiger partial charge is 0.0665 e. The van der Waals surface area contributed by atoms with Crippen LogP contribution in [0.1, 0.15) is 70.0 Å². The molecule has 0 spiro atoms. The predicted molar refractivity (Wildman–Crippen MR) is 91.8 cm³/mol. The highest BCUT2D eigenvalue weighted by Crippen LogP contribution is 2.16. The van der Waals surface area contributed by atoms with Crippen LogP contribution in [0.4, 0.5) is 0 Å². The molecule has 0 saturated heterocycles. The summed E-state index contributed by atoms with van der Waals surface area (Å²) < 4.78 is 6.06. The predicted octanol–water partition coefficient (Wildman–Crippen LogP) is 5.02. The first-order valence-electron chi connectivity index (χ1n) is 8.58. The third-order valence-corrected chi connectivity index (χ3v) is 3.94. The van der Waals surface area contributed by atoms with E-state index < -0.39 is 0 Å². The summed E-state index contributed by atoms with van der Waals surface area (Å²) in [7, 11) is 0. The number of nitrogens with one attached hydrogen (secondary N) is 1. The van der Waals surface area contributed by atoms with Crippen LogP contribution in [0.5, 0.6) is 0 Å². The van der Waals surface area contributed by atoms with Crippen molar-refractivity contribution in [3.8, 4) is 0 Å². The second-order valence-electron chi connectivity index (χ2n) is 6.01. The van der Waals surface area contributed by atoms with Gasteiger partial charge in [-0.05, 0) is 32.4 Å². The summed E-state index contributed by atoms with van der Waals surface area (Å²) >= 11 is 0. The van der Waals surface area contributed by atoms with Gasteiger partial charge < -0.3 is 10.1 Å². The molecule has 0 fully saturated rings. The fourth-order valence-corrected chi connectivity index (χ4v) is 2.52. The van der Waals surface area contributed by atoms with Gasteiger partial charge in [-0.25, -0.2) is 0 Å². The molecule has 0 saturated carbocycles. The van der Waals surface area contributed by atoms with Gasteiger partial charge in [0.15, 0.2) is 0 Å². The van der Waals surface area contributed by atoms with Crippen molar-refractivity contribution in [3.05, 3.63) is 35.4 Å². The second kappa shape index (κ2) is 10.8. The Morgan fingerprint density at radius 3 is 2.38 bits per heavy atom. The lowest BCUT2D eigenvalue weighted by atomic mass is 10.1. The van der Waals surface area contributed by atoms with E-state index in [2.05, 4.69) is 57.3 Å². The Hall–Kier alpha value is -0.860. The maximum atomic E-state index is 6.06. The van der Waals surface area contributed by atoms with E-state index in [4.69, 9.17) is 4.74 Å². The summed E-state index contributed by atoms with van der Waals surface area (Å²) in [4.78, 5) is 0. The zero-order chi connectivity index (χ0) is 15.5. The van der Waals surface area contributed by atoms with Crippen molar-refractivity contribution in [2.75, 3.05) is 13.2 Å². The van der Waals surface area contributed by atoms with Gasteiger partial charge in [0.2, 0.25) is 0 Å². The van der Waals surface area contributed by atoms with Gasteiger partial charge in [-0.3, -0.25) is 0 Å². The van der Waals surface area contributed by atoms with Crippen LogP contribution < -0.4 is 5.32 Å². The van der Waals surface area contributed by atoms with Crippen molar-refractivity contribution < 1.29 is 4.74 Å². The Labute approximate surface area is 131 Å². The van der Waals surface area contributed by atoms with Crippen LogP contribution in [0.2, 0.25) is 0 Å². The zero-order valence-corrected chi connectivity index (χ0v) is 14.3. The average Bonchev–Trinajstić information content (AvgIpc) is 2.49. The molecule has 2 atom stereocenters. The summed E-state index contributed by atoms with van der Waals surface area (Å²) in [5, 5.41) is 3.53. The van der Waals surface area contributed by atoms with Crippen LogP contribution in [0, 0.1) is 6.92 Å². The molecule has 0 aliphatic heterocycles. The Bertz CT molecular complexity index is 360. The number of benzene rings is 1. The molecule has 0 radical (unpaired) electrons. The molecule has 0 aromatic heterocycles. The molecule has 0 bridgehead atoms. The maximum Gasteiger partial charge on any atom is 0.0665 e. The van der Waals surface area contributed by atoms with E-state index in [-0.39, 0.29) is 0 Å². The van der Waals surface area contributed by atoms with Gasteiger partial charge in [0.1, 0.15) is 0 Å². The molecule has 0 amide bonds. The quantitative estimate of drug-likeness (QED) is 0.578. The van der Waals surface area contributed by atoms with Gasteiger partial charge in [-0.2, -0.15) is 0 Å². The summed E-state index contributed by atoms with van der Waals surface area (Å²) in [6.07, 6.45) is 6.78. The fourth-order valence-electron chi connectivity index (χ4n) is 2.52. The van der Waals surface area contributed by atoms with E-state index in [1.165, 1.54) is 43.2 Å². The van der Waals surface area contributed by atoms with Crippen molar-refractivity contribution in [2.24, 2.45) is 0 Å². The van der Waals surface area contributed by atoms with E-state index in [9.17, 15) is 0 Å². The van der Waals surface area contributed by atoms with Crippen molar-refractivity contribution in [2.45, 2.75) is 71.9 Å². The van der Waals surface area contributed by atoms with E-state index in [1.54, 1.807) is 0 Å². The van der Waals surface area contributed by atoms with Crippen LogP contribution in [0.15, 0.2) is 24.3 Å². The fraction of sp³-hybridized carbons (Fsp3) is 0.684. The molecule has 1 rings (SSSR count). The minimum atomic E-state index is 0.300. The molecule has 0 aliphatic rings. The van der Waals surface area contributed by atoms with Gasteiger partial charge >= 0.3 is 0 Å². The third kappa shape index (κ3) is 7.63. The van der Waals surface area contributed by atoms with Crippen molar-refractivity contribution in [1.29, 1.82) is 0 Å². The maximum absolute atomic E-state index is 6.06. The second-order valence-corrected chi connectivity index (χ2v) is 6.01. The van der Waals surface area contributed by atoms with Crippen LogP contribution in [-0.4, -0.2) is 19.3 Å². The van der Waals surface area contributed by atoms with E-state index in [0.29, 0.717) is 12.1 Å². The highest BCUT2D eigenvalue weighted by Gasteiger charge is 2.12. The number of unbranched alkanes of at least 4 members (excludes halogenated alkanes) is 3. The third-order valence-electron chi connectivity index (χ3n) is 3.94. The minimum absolute atomic E-state index is 0.300. The molecule has 0 heterocycles. The molecule has 2 heteroatoms. The first-order valence-corrected chi connectivity index (χ1v) is 8.58. The molecule has 120 valence electrons. The van der Waals surface area contributed by atoms with Crippen molar-refractivity contribution in [3.63, 3.8) is 0 Å². The largest absolute Gasteiger partial charge is 0.377 e. The SMILES string of the molecule is CCCCCCC(C)OCC(NCC)c1ccc(C)cc1. The standard InChI is InChI=1S/C19H33NO/c1-5-7-8-9-10-17(4)21-15-19(20-6-2)18-13-11-16(3)12-14-18/h11-14,17,19-20H,5-10,15H2,1-4H3. The topological polar surface area (TPSA) is 21.3 Å². The van der Waals surface area contributed by atoms with Gasteiger partial charge in [0.25, 0.3) is 0 Å². The minimum Gasteiger partial charge on any atom is -0.377 e. The normalized spacial score (nSPS) is 14.1. The first-order chi connectivity index (χ1) is 10.2. The zero-order valence-electron chi connectivity index (χ0n) is 14.3. The number of hydrogen-bond acceptors (Lipinski definition) is 2. The number of hydrogen-bond donors (Lipinski definition) is 1. The van der Waals surface area contributed by atoms with E-state index in [0.717, 1.165) is 13.2 Å². The number of likely N-dealkylation sites (N-methyl/N-ethyl adjacent to an activating group) is 1. The lowest BCUT2D eigenvalue weighted by Crippen LogP contribution is -2.27. The Morgan fingerprint density at radius 1 is 1.05 bits per heavy atom. The Morgan fingerprint density at radius 2 is 1.76 bits per heavy atom. The van der Waals surface area contributed by atoms with Crippen LogP contribution >= 0.6 is 0 Å². The Balaban J connectivity index is 2.38. The summed E-state index contributed by atoms with van der Waals surface area (Å²) in [6, 6.07) is 9.06. The lowest BCUT2D eigenvalue weighted by molar-refractivity contribution is 0.0431. The van der Waals surface area contributed by atoms with Crippen LogP contribution in [-0.2, 0) is 4.74 Å². The molecular weight excluding hydrogens is 258 g/mol. The van der Waals surface area contributed by atoms with Crippen LogP contribution in [0.25, 0.3) is 0 Å². The lowest BCUT2D eigenvalue weighted by Gasteiger charge is -2.21. The highest BCUT2D eigenvalue weighted by atomic mass is 16.5. The molecular formula is C19H33NO. The summed E-state index contributed by atoms with van der Waals surface area (Å²) in [5.74, 6) is 0. The number of ether oxygens (including phenoxy) is 1. The summed E-state index contributed by atoms with van der Waals surface area (Å²) in [5.41, 5.74) is 2.62. The van der Waals surface area contributed by atoms with Crippen molar-refractivity contribution in [1.82, 2.24) is 5.32 Å². The molecule has 2 unspecified atom stereocenters. The molecule has 1 aromatic carbocycles. The van der Waals surface area contributed by atoms with Crippen molar-refractivity contribution >= 4 is 0 Å². The van der Waals surface area contributed by atoms with Crippen LogP contribution in [0.3, 0.4) is 0 Å². The molecule has 2 nitrogen and oxygen atoms in total. The monoisotopic (exact) mass is 291 g/mol. The number of rotatable bonds is 11. The molecule has 21 heavy (non-hydrogen) atoms. The van der Waals surface area contributed by atoms with Gasteiger partial charge in [-0.1, -0.05) is 69.4 Å². The summed E-state index contributed by atoms with van der Waals surface area (Å²) in [6.45, 7) is 10.4. The number of aryl methyl sites for hydroxylation is 1. The molecule has 1 aromatic rings. The average molecular weight is 291 g/mol. The molecule has 1 N–H and O–H groups in total. The molecule has 0 aliphatic carbocycles. The Kier molecular flexibility index (Phi) is 9.36. The highest BCUT2D eigenvalue weighted by molar-refractivity contribution is 5.24.